The molecule has 0 spiro atoms. The summed E-state index contributed by atoms with van der Waals surface area (Å²) in [7, 11) is 0. The number of benzene rings is 1. The van der Waals surface area contributed by atoms with E-state index in [0.717, 1.165) is 44.8 Å². The van der Waals surface area contributed by atoms with E-state index in [0.29, 0.717) is 5.75 Å². The van der Waals surface area contributed by atoms with Crippen LogP contribution in [0.5, 0.6) is 5.75 Å². The Morgan fingerprint density at radius 2 is 1.74 bits per heavy atom. The van der Waals surface area contributed by atoms with Crippen LogP contribution in [0.2, 0.25) is 0 Å². The lowest BCUT2D eigenvalue weighted by molar-refractivity contribution is 0.0166. The maximum Gasteiger partial charge on any atom is 0.115 e. The summed E-state index contributed by atoms with van der Waals surface area (Å²) in [5.74, 6) is 0.332. The van der Waals surface area contributed by atoms with Gasteiger partial charge in [0.25, 0.3) is 0 Å². The topological polar surface area (TPSA) is 46.9 Å². The first-order valence-corrected chi connectivity index (χ1v) is 6.87. The molecule has 1 saturated heterocycles. The molecule has 1 fully saturated rings. The van der Waals surface area contributed by atoms with Crippen molar-refractivity contribution in [3.05, 3.63) is 29.8 Å². The van der Waals surface area contributed by atoms with Crippen LogP contribution in [-0.4, -0.2) is 58.3 Å². The van der Waals surface area contributed by atoms with Crippen molar-refractivity contribution in [2.75, 3.05) is 32.7 Å². The third kappa shape index (κ3) is 4.82. The van der Waals surface area contributed by atoms with Gasteiger partial charge in [-0.05, 0) is 31.5 Å². The summed E-state index contributed by atoms with van der Waals surface area (Å²) in [5, 5.41) is 19.3. The molecule has 2 N–H and O–H groups in total. The van der Waals surface area contributed by atoms with Crippen LogP contribution in [0.15, 0.2) is 24.3 Å². The third-order valence-electron chi connectivity index (χ3n) is 3.39. The Kier molecular flexibility index (Phi) is 4.45. The molecule has 0 radical (unpaired) electrons. The molecular formula is C15H24N2O2. The fourth-order valence-corrected chi connectivity index (χ4v) is 2.57. The first-order valence-electron chi connectivity index (χ1n) is 6.87. The minimum absolute atomic E-state index is 0.332. The fourth-order valence-electron chi connectivity index (χ4n) is 2.57. The molecule has 0 atom stereocenters. The molecule has 0 amide bonds. The number of nitrogens with zero attached hydrogens (tertiary/aromatic N) is 2. The van der Waals surface area contributed by atoms with Gasteiger partial charge in [-0.15, -0.1) is 0 Å². The fraction of sp³-hybridized carbons (Fsp3) is 0.600. The van der Waals surface area contributed by atoms with Crippen molar-refractivity contribution >= 4 is 0 Å². The lowest BCUT2D eigenvalue weighted by Crippen LogP contribution is -2.50. The van der Waals surface area contributed by atoms with Gasteiger partial charge in [0.2, 0.25) is 0 Å². The molecule has 1 aromatic rings. The number of β-amino-alcohol motifs (C(OH)–C–C–N with tert-alkyl or cyclic N) is 1. The minimum Gasteiger partial charge on any atom is -0.508 e. The van der Waals surface area contributed by atoms with Crippen LogP contribution in [0.1, 0.15) is 19.4 Å². The smallest absolute Gasteiger partial charge is 0.115 e. The monoisotopic (exact) mass is 264 g/mol. The highest BCUT2D eigenvalue weighted by Gasteiger charge is 2.22. The van der Waals surface area contributed by atoms with Crippen molar-refractivity contribution in [2.45, 2.75) is 26.0 Å². The summed E-state index contributed by atoms with van der Waals surface area (Å²) in [5.41, 5.74) is 0.531. The van der Waals surface area contributed by atoms with E-state index in [1.165, 1.54) is 0 Å². The van der Waals surface area contributed by atoms with Crippen molar-refractivity contribution in [3.8, 4) is 5.75 Å². The van der Waals surface area contributed by atoms with Crippen molar-refractivity contribution in [1.82, 2.24) is 9.80 Å². The molecule has 1 aliphatic rings. The zero-order valence-electron chi connectivity index (χ0n) is 11.8. The largest absolute Gasteiger partial charge is 0.508 e. The van der Waals surface area contributed by atoms with E-state index in [-0.39, 0.29) is 0 Å². The molecule has 2 rings (SSSR count). The lowest BCUT2D eigenvalue weighted by atomic mass is 10.1. The quantitative estimate of drug-likeness (QED) is 0.860. The van der Waals surface area contributed by atoms with Gasteiger partial charge in [-0.1, -0.05) is 12.1 Å². The van der Waals surface area contributed by atoms with Crippen molar-refractivity contribution < 1.29 is 10.2 Å². The number of rotatable bonds is 4. The summed E-state index contributed by atoms with van der Waals surface area (Å²) >= 11 is 0. The highest BCUT2D eigenvalue weighted by Crippen LogP contribution is 2.15. The molecule has 4 nitrogen and oxygen atoms in total. The maximum absolute atomic E-state index is 9.82. The van der Waals surface area contributed by atoms with E-state index in [1.54, 1.807) is 6.07 Å². The van der Waals surface area contributed by atoms with E-state index >= 15 is 0 Å². The van der Waals surface area contributed by atoms with Crippen LogP contribution in [0.4, 0.5) is 0 Å². The summed E-state index contributed by atoms with van der Waals surface area (Å²) < 4.78 is 0. The number of aliphatic hydroxyl groups is 1. The second kappa shape index (κ2) is 5.90. The zero-order valence-corrected chi connectivity index (χ0v) is 11.8. The molecular weight excluding hydrogens is 240 g/mol. The van der Waals surface area contributed by atoms with Gasteiger partial charge in [-0.25, -0.2) is 0 Å². The van der Waals surface area contributed by atoms with Gasteiger partial charge < -0.3 is 10.2 Å². The predicted octanol–water partition coefficient (Wildman–Crippen LogP) is 1.28. The van der Waals surface area contributed by atoms with Crippen LogP contribution >= 0.6 is 0 Å². The molecule has 1 heterocycles. The molecule has 1 aliphatic heterocycles. The first kappa shape index (κ1) is 14.3. The zero-order chi connectivity index (χ0) is 13.9. The van der Waals surface area contributed by atoms with Crippen molar-refractivity contribution in [3.63, 3.8) is 0 Å². The van der Waals surface area contributed by atoms with Crippen LogP contribution in [-0.2, 0) is 6.54 Å². The summed E-state index contributed by atoms with van der Waals surface area (Å²) in [6.45, 7) is 9.30. The van der Waals surface area contributed by atoms with E-state index in [4.69, 9.17) is 0 Å². The molecule has 0 aromatic heterocycles. The Hall–Kier alpha value is -1.10. The van der Waals surface area contributed by atoms with Crippen LogP contribution in [0, 0.1) is 0 Å². The second-order valence-electron chi connectivity index (χ2n) is 6.03. The predicted molar refractivity (Wildman–Crippen MR) is 76.1 cm³/mol. The Bertz CT molecular complexity index is 407. The minimum atomic E-state index is -0.618. The van der Waals surface area contributed by atoms with Gasteiger partial charge in [0.15, 0.2) is 0 Å². The van der Waals surface area contributed by atoms with Gasteiger partial charge in [0.05, 0.1) is 5.60 Å². The van der Waals surface area contributed by atoms with Gasteiger partial charge in [-0.2, -0.15) is 0 Å². The van der Waals surface area contributed by atoms with Crippen LogP contribution < -0.4 is 0 Å². The second-order valence-corrected chi connectivity index (χ2v) is 6.03. The average Bonchev–Trinajstić information content (AvgIpc) is 2.30. The van der Waals surface area contributed by atoms with Crippen molar-refractivity contribution in [1.29, 1.82) is 0 Å². The number of aromatic hydroxyl groups is 1. The summed E-state index contributed by atoms with van der Waals surface area (Å²) in [6, 6.07) is 7.45. The standard InChI is InChI=1S/C15H24N2O2/c1-15(2,19)12-17-8-6-16(7-9-17)11-13-4-3-5-14(18)10-13/h3-5,10,18-19H,6-9,11-12H2,1-2H3. The molecule has 19 heavy (non-hydrogen) atoms. The van der Waals surface area contributed by atoms with Crippen LogP contribution in [0.3, 0.4) is 0 Å². The lowest BCUT2D eigenvalue weighted by Gasteiger charge is -2.37. The van der Waals surface area contributed by atoms with E-state index in [1.807, 2.05) is 32.0 Å². The summed E-state index contributed by atoms with van der Waals surface area (Å²) in [4.78, 5) is 4.69. The molecule has 106 valence electrons. The Labute approximate surface area is 115 Å². The van der Waals surface area contributed by atoms with Gasteiger partial charge in [0.1, 0.15) is 5.75 Å². The van der Waals surface area contributed by atoms with Gasteiger partial charge >= 0.3 is 0 Å². The van der Waals surface area contributed by atoms with E-state index in [9.17, 15) is 10.2 Å². The highest BCUT2D eigenvalue weighted by molar-refractivity contribution is 5.27. The molecule has 1 aromatic carbocycles. The Morgan fingerprint density at radius 3 is 2.32 bits per heavy atom. The number of hydrogen-bond acceptors (Lipinski definition) is 4. The van der Waals surface area contributed by atoms with Crippen molar-refractivity contribution in [2.24, 2.45) is 0 Å². The molecule has 0 bridgehead atoms. The Balaban J connectivity index is 1.80. The molecule has 0 unspecified atom stereocenters. The van der Waals surface area contributed by atoms with E-state index in [2.05, 4.69) is 9.80 Å². The highest BCUT2D eigenvalue weighted by atomic mass is 16.3. The molecule has 0 saturated carbocycles. The SMILES string of the molecule is CC(C)(O)CN1CCN(Cc2cccc(O)c2)CC1. The Morgan fingerprint density at radius 1 is 1.11 bits per heavy atom. The number of piperazine rings is 1. The maximum atomic E-state index is 9.82. The molecule has 0 aliphatic carbocycles. The normalized spacial score (nSPS) is 18.7. The third-order valence-corrected chi connectivity index (χ3v) is 3.39. The first-order chi connectivity index (χ1) is 8.92. The van der Waals surface area contributed by atoms with E-state index < -0.39 is 5.60 Å². The number of phenolic OH excluding ortho intramolecular Hbond substituents is 1. The van der Waals surface area contributed by atoms with Gasteiger partial charge in [-0.3, -0.25) is 9.80 Å². The average molecular weight is 264 g/mol. The molecule has 4 heteroatoms. The van der Waals surface area contributed by atoms with Gasteiger partial charge in [0, 0.05) is 39.3 Å². The number of hydrogen-bond donors (Lipinski definition) is 2. The summed E-state index contributed by atoms with van der Waals surface area (Å²) in [6.07, 6.45) is 0. The van der Waals surface area contributed by atoms with Crippen LogP contribution in [0.25, 0.3) is 0 Å². The number of phenols is 1.